The van der Waals surface area contributed by atoms with Gasteiger partial charge in [-0.15, -0.1) is 0 Å². The molecule has 3 aromatic rings. The van der Waals surface area contributed by atoms with Crippen LogP contribution in [0.4, 0.5) is 0 Å². The Morgan fingerprint density at radius 3 is 2.45 bits per heavy atom. The van der Waals surface area contributed by atoms with E-state index in [4.69, 9.17) is 9.47 Å². The van der Waals surface area contributed by atoms with Crippen LogP contribution in [-0.2, 0) is 11.3 Å². The van der Waals surface area contributed by atoms with Gasteiger partial charge in [0.2, 0.25) is 5.91 Å². The normalized spacial score (nSPS) is 11.6. The van der Waals surface area contributed by atoms with E-state index >= 15 is 0 Å². The third kappa shape index (κ3) is 5.22. The second-order valence-electron chi connectivity index (χ2n) is 6.90. The summed E-state index contributed by atoms with van der Waals surface area (Å²) in [4.78, 5) is 37.5. The number of carbonyl (C=O) groups excluding carboxylic acids is 1. The van der Waals surface area contributed by atoms with Crippen molar-refractivity contribution in [2.24, 2.45) is 0 Å². The number of hydrogen-bond acceptors (Lipinski definition) is 5. The number of carbonyl (C=O) groups is 1. The van der Waals surface area contributed by atoms with E-state index in [-0.39, 0.29) is 18.5 Å². The summed E-state index contributed by atoms with van der Waals surface area (Å²) in [5, 5.41) is 2.83. The van der Waals surface area contributed by atoms with Crippen molar-refractivity contribution >= 4 is 5.91 Å². The van der Waals surface area contributed by atoms with Gasteiger partial charge in [0, 0.05) is 18.1 Å². The fourth-order valence-electron chi connectivity index (χ4n) is 3.14. The van der Waals surface area contributed by atoms with Crippen LogP contribution in [0, 0.1) is 0 Å². The number of amides is 1. The molecular weight excluding hydrogens is 398 g/mol. The van der Waals surface area contributed by atoms with Crippen LogP contribution in [0.15, 0.2) is 70.5 Å². The predicted octanol–water partition coefficient (Wildman–Crippen LogP) is 2.28. The SMILES string of the molecule is CCOc1ccc(-n2ccn(CC(=O)NC(C)c3cccc(OC)c3)c(=O)c2=O)cc1. The Morgan fingerprint density at radius 1 is 1.03 bits per heavy atom. The predicted molar refractivity (Wildman–Crippen MR) is 117 cm³/mol. The number of nitrogens with zero attached hydrogens (tertiary/aromatic N) is 2. The van der Waals surface area contributed by atoms with Crippen molar-refractivity contribution < 1.29 is 14.3 Å². The Bertz CT molecular complexity index is 1160. The highest BCUT2D eigenvalue weighted by Gasteiger charge is 2.13. The molecule has 0 saturated heterocycles. The molecule has 162 valence electrons. The van der Waals surface area contributed by atoms with Crippen molar-refractivity contribution in [2.45, 2.75) is 26.4 Å². The highest BCUT2D eigenvalue weighted by molar-refractivity contribution is 5.76. The molecule has 0 aliphatic carbocycles. The van der Waals surface area contributed by atoms with Crippen molar-refractivity contribution in [3.63, 3.8) is 0 Å². The summed E-state index contributed by atoms with van der Waals surface area (Å²) in [6.45, 7) is 3.99. The van der Waals surface area contributed by atoms with Crippen molar-refractivity contribution in [3.05, 3.63) is 87.2 Å². The Balaban J connectivity index is 1.73. The summed E-state index contributed by atoms with van der Waals surface area (Å²) in [6, 6.07) is 13.9. The van der Waals surface area contributed by atoms with Gasteiger partial charge >= 0.3 is 11.1 Å². The van der Waals surface area contributed by atoms with Crippen LogP contribution in [0.5, 0.6) is 11.5 Å². The molecule has 0 bridgehead atoms. The molecule has 0 radical (unpaired) electrons. The van der Waals surface area contributed by atoms with E-state index < -0.39 is 11.1 Å². The van der Waals surface area contributed by atoms with Crippen LogP contribution >= 0.6 is 0 Å². The Morgan fingerprint density at radius 2 is 1.77 bits per heavy atom. The van der Waals surface area contributed by atoms with Gasteiger partial charge < -0.3 is 14.8 Å². The van der Waals surface area contributed by atoms with E-state index in [1.807, 2.05) is 38.1 Å². The monoisotopic (exact) mass is 423 g/mol. The number of aromatic nitrogens is 2. The van der Waals surface area contributed by atoms with Gasteiger partial charge in [-0.2, -0.15) is 0 Å². The molecule has 1 N–H and O–H groups in total. The van der Waals surface area contributed by atoms with E-state index in [1.165, 1.54) is 17.0 Å². The maximum Gasteiger partial charge on any atom is 0.320 e. The average molecular weight is 423 g/mol. The molecule has 2 aromatic carbocycles. The van der Waals surface area contributed by atoms with Crippen LogP contribution < -0.4 is 25.9 Å². The number of ether oxygens (including phenoxy) is 2. The molecule has 3 rings (SSSR count). The molecule has 1 unspecified atom stereocenters. The summed E-state index contributed by atoms with van der Waals surface area (Å²) in [7, 11) is 1.57. The molecule has 8 heteroatoms. The van der Waals surface area contributed by atoms with Crippen LogP contribution in [0.1, 0.15) is 25.5 Å². The molecule has 1 amide bonds. The standard InChI is InChI=1S/C23H25N3O5/c1-4-31-19-10-8-18(9-11-19)26-13-12-25(22(28)23(26)29)15-21(27)24-16(2)17-6-5-7-20(14-17)30-3/h5-14,16H,4,15H2,1-3H3,(H,24,27). The zero-order valence-electron chi connectivity index (χ0n) is 17.7. The van der Waals surface area contributed by atoms with Gasteiger partial charge in [0.05, 0.1) is 19.8 Å². The first-order valence-corrected chi connectivity index (χ1v) is 9.91. The minimum absolute atomic E-state index is 0.257. The molecule has 0 fully saturated rings. The van der Waals surface area contributed by atoms with Gasteiger partial charge in [-0.3, -0.25) is 23.5 Å². The number of methoxy groups -OCH3 is 1. The largest absolute Gasteiger partial charge is 0.497 e. The lowest BCUT2D eigenvalue weighted by molar-refractivity contribution is -0.122. The fourth-order valence-corrected chi connectivity index (χ4v) is 3.14. The maximum absolute atomic E-state index is 12.5. The van der Waals surface area contributed by atoms with Gasteiger partial charge in [0.25, 0.3) is 0 Å². The molecule has 0 saturated carbocycles. The lowest BCUT2D eigenvalue weighted by atomic mass is 10.1. The van der Waals surface area contributed by atoms with Crippen LogP contribution in [0.25, 0.3) is 5.69 Å². The second-order valence-corrected chi connectivity index (χ2v) is 6.90. The minimum Gasteiger partial charge on any atom is -0.497 e. The summed E-state index contributed by atoms with van der Waals surface area (Å²) >= 11 is 0. The van der Waals surface area contributed by atoms with Gasteiger partial charge in [-0.05, 0) is 55.8 Å². The lowest BCUT2D eigenvalue weighted by Crippen LogP contribution is -2.42. The number of hydrogen-bond donors (Lipinski definition) is 1. The van der Waals surface area contributed by atoms with Crippen LogP contribution in [0.3, 0.4) is 0 Å². The Hall–Kier alpha value is -3.81. The first-order chi connectivity index (χ1) is 14.9. The average Bonchev–Trinajstić information content (AvgIpc) is 2.78. The van der Waals surface area contributed by atoms with Crippen LogP contribution in [-0.4, -0.2) is 28.8 Å². The van der Waals surface area contributed by atoms with Crippen molar-refractivity contribution in [1.82, 2.24) is 14.5 Å². The van der Waals surface area contributed by atoms with Crippen LogP contribution in [0.2, 0.25) is 0 Å². The molecule has 1 aromatic heterocycles. The van der Waals surface area contributed by atoms with Crippen molar-refractivity contribution in [1.29, 1.82) is 0 Å². The number of benzene rings is 2. The summed E-state index contributed by atoms with van der Waals surface area (Å²) in [5.74, 6) is 0.984. The van der Waals surface area contributed by atoms with E-state index in [1.54, 1.807) is 31.4 Å². The van der Waals surface area contributed by atoms with Gasteiger partial charge in [-0.25, -0.2) is 0 Å². The molecule has 31 heavy (non-hydrogen) atoms. The molecule has 0 aliphatic rings. The first-order valence-electron chi connectivity index (χ1n) is 9.91. The highest BCUT2D eigenvalue weighted by atomic mass is 16.5. The first kappa shape index (κ1) is 21.9. The molecule has 1 atom stereocenters. The third-order valence-electron chi connectivity index (χ3n) is 4.77. The number of rotatable bonds is 8. The summed E-state index contributed by atoms with van der Waals surface area (Å²) in [6.07, 6.45) is 2.90. The maximum atomic E-state index is 12.5. The van der Waals surface area contributed by atoms with Gasteiger partial charge in [0.15, 0.2) is 0 Å². The minimum atomic E-state index is -0.777. The molecule has 1 heterocycles. The molecule has 0 spiro atoms. The Labute approximate surface area is 179 Å². The van der Waals surface area contributed by atoms with E-state index in [0.717, 1.165) is 10.1 Å². The zero-order chi connectivity index (χ0) is 22.4. The van der Waals surface area contributed by atoms with E-state index in [2.05, 4.69) is 5.32 Å². The van der Waals surface area contributed by atoms with E-state index in [9.17, 15) is 14.4 Å². The summed E-state index contributed by atoms with van der Waals surface area (Å²) < 4.78 is 12.9. The van der Waals surface area contributed by atoms with E-state index in [0.29, 0.717) is 23.8 Å². The van der Waals surface area contributed by atoms with Gasteiger partial charge in [-0.1, -0.05) is 12.1 Å². The topological polar surface area (TPSA) is 91.6 Å². The molecule has 8 nitrogen and oxygen atoms in total. The fraction of sp³-hybridized carbons (Fsp3) is 0.261. The Kier molecular flexibility index (Phi) is 6.92. The molecular formula is C23H25N3O5. The third-order valence-corrected chi connectivity index (χ3v) is 4.77. The lowest BCUT2D eigenvalue weighted by Gasteiger charge is -2.16. The number of nitrogens with one attached hydrogen (secondary N) is 1. The quantitative estimate of drug-likeness (QED) is 0.562. The zero-order valence-corrected chi connectivity index (χ0v) is 17.7. The van der Waals surface area contributed by atoms with Gasteiger partial charge in [0.1, 0.15) is 18.0 Å². The second kappa shape index (κ2) is 9.80. The summed E-state index contributed by atoms with van der Waals surface area (Å²) in [5.41, 5.74) is -0.111. The molecule has 0 aliphatic heterocycles. The smallest absolute Gasteiger partial charge is 0.320 e. The van der Waals surface area contributed by atoms with Crippen molar-refractivity contribution in [2.75, 3.05) is 13.7 Å². The van der Waals surface area contributed by atoms with Crippen molar-refractivity contribution in [3.8, 4) is 17.2 Å². The highest BCUT2D eigenvalue weighted by Crippen LogP contribution is 2.18.